The van der Waals surface area contributed by atoms with Crippen molar-refractivity contribution in [1.82, 2.24) is 9.78 Å². The van der Waals surface area contributed by atoms with E-state index in [1.165, 1.54) is 0 Å². The van der Waals surface area contributed by atoms with Crippen LogP contribution in [0.5, 0.6) is 11.5 Å². The molecule has 8 heteroatoms. The Morgan fingerprint density at radius 2 is 2.03 bits per heavy atom. The summed E-state index contributed by atoms with van der Waals surface area (Å²) >= 11 is 0. The second-order valence-electron chi connectivity index (χ2n) is 7.34. The van der Waals surface area contributed by atoms with Crippen LogP contribution in [0.2, 0.25) is 0 Å². The van der Waals surface area contributed by atoms with E-state index in [1.807, 2.05) is 41.2 Å². The van der Waals surface area contributed by atoms with Gasteiger partial charge in [-0.05, 0) is 35.9 Å². The third-order valence-electron chi connectivity index (χ3n) is 5.27. The van der Waals surface area contributed by atoms with Crippen molar-refractivity contribution in [3.63, 3.8) is 0 Å². The number of rotatable bonds is 7. The van der Waals surface area contributed by atoms with Crippen LogP contribution in [0, 0.1) is 5.92 Å². The second kappa shape index (κ2) is 8.91. The molecule has 0 aliphatic carbocycles. The number of nitrogens with zero attached hydrogens (tertiary/aromatic N) is 3. The number of hydrogen-bond donors (Lipinski definition) is 1. The van der Waals surface area contributed by atoms with Crippen LogP contribution in [0.3, 0.4) is 0 Å². The molecule has 1 fully saturated rings. The Kier molecular flexibility index (Phi) is 5.88. The van der Waals surface area contributed by atoms with E-state index in [0.29, 0.717) is 29.4 Å². The average Bonchev–Trinajstić information content (AvgIpc) is 3.43. The summed E-state index contributed by atoms with van der Waals surface area (Å²) in [5.74, 6) is 0.401. The van der Waals surface area contributed by atoms with Gasteiger partial charge in [0, 0.05) is 37.1 Å². The predicted molar refractivity (Wildman–Crippen MR) is 116 cm³/mol. The van der Waals surface area contributed by atoms with E-state index in [2.05, 4.69) is 10.4 Å². The van der Waals surface area contributed by atoms with Crippen LogP contribution < -0.4 is 19.7 Å². The molecule has 1 aliphatic heterocycles. The summed E-state index contributed by atoms with van der Waals surface area (Å²) in [4.78, 5) is 27.1. The quantitative estimate of drug-likeness (QED) is 0.635. The standard InChI is InChI=1S/C23H24N4O4/c1-30-19-7-8-21(31-2)20(13-19)27-15-17(12-22(27)28)23(29)25-18-6-3-5-16(11-18)14-26-10-4-9-24-26/h3-11,13,17H,12,14-15H2,1-2H3,(H,25,29). The fourth-order valence-electron chi connectivity index (χ4n) is 3.70. The Hall–Kier alpha value is -3.81. The molecule has 1 unspecified atom stereocenters. The molecular formula is C23H24N4O4. The van der Waals surface area contributed by atoms with Crippen LogP contribution in [0.1, 0.15) is 12.0 Å². The summed E-state index contributed by atoms with van der Waals surface area (Å²) in [5.41, 5.74) is 2.31. The topological polar surface area (TPSA) is 85.7 Å². The van der Waals surface area contributed by atoms with Crippen LogP contribution in [-0.4, -0.2) is 42.4 Å². The smallest absolute Gasteiger partial charge is 0.229 e. The zero-order chi connectivity index (χ0) is 21.8. The van der Waals surface area contributed by atoms with E-state index in [1.54, 1.807) is 43.5 Å². The molecule has 1 saturated heterocycles. The molecule has 1 N–H and O–H groups in total. The molecule has 1 atom stereocenters. The first-order chi connectivity index (χ1) is 15.1. The Bertz CT molecular complexity index is 1080. The van der Waals surface area contributed by atoms with E-state index in [9.17, 15) is 9.59 Å². The van der Waals surface area contributed by atoms with E-state index < -0.39 is 5.92 Å². The molecule has 3 aromatic rings. The largest absolute Gasteiger partial charge is 0.497 e. The number of benzene rings is 2. The molecule has 2 aromatic carbocycles. The van der Waals surface area contributed by atoms with Crippen molar-refractivity contribution in [3.8, 4) is 11.5 Å². The van der Waals surface area contributed by atoms with Crippen molar-refractivity contribution < 1.29 is 19.1 Å². The molecule has 2 heterocycles. The summed E-state index contributed by atoms with van der Waals surface area (Å²) in [7, 11) is 3.11. The molecule has 0 bridgehead atoms. The van der Waals surface area contributed by atoms with Gasteiger partial charge in [-0.3, -0.25) is 14.3 Å². The van der Waals surface area contributed by atoms with E-state index in [-0.39, 0.29) is 24.8 Å². The lowest BCUT2D eigenvalue weighted by Gasteiger charge is -2.20. The van der Waals surface area contributed by atoms with Crippen LogP contribution in [0.4, 0.5) is 11.4 Å². The molecule has 0 saturated carbocycles. The second-order valence-corrected chi connectivity index (χ2v) is 7.34. The van der Waals surface area contributed by atoms with Gasteiger partial charge >= 0.3 is 0 Å². The normalized spacial score (nSPS) is 15.7. The first-order valence-corrected chi connectivity index (χ1v) is 9.97. The molecular weight excluding hydrogens is 396 g/mol. The maximum atomic E-state index is 12.9. The highest BCUT2D eigenvalue weighted by atomic mass is 16.5. The maximum Gasteiger partial charge on any atom is 0.229 e. The molecule has 4 rings (SSSR count). The number of aromatic nitrogens is 2. The lowest BCUT2D eigenvalue weighted by molar-refractivity contribution is -0.122. The number of carbonyl (C=O) groups is 2. The monoisotopic (exact) mass is 420 g/mol. The van der Waals surface area contributed by atoms with E-state index in [4.69, 9.17) is 9.47 Å². The number of anilines is 2. The lowest BCUT2D eigenvalue weighted by atomic mass is 10.1. The SMILES string of the molecule is COc1ccc(OC)c(N2CC(C(=O)Nc3cccc(Cn4cccn4)c3)CC2=O)c1. The van der Waals surface area contributed by atoms with Crippen LogP contribution in [0.15, 0.2) is 60.9 Å². The molecule has 31 heavy (non-hydrogen) atoms. The van der Waals surface area contributed by atoms with Crippen LogP contribution in [-0.2, 0) is 16.1 Å². The minimum atomic E-state index is -0.460. The molecule has 8 nitrogen and oxygen atoms in total. The molecule has 1 aromatic heterocycles. The Labute approximate surface area is 180 Å². The molecule has 160 valence electrons. The maximum absolute atomic E-state index is 12.9. The summed E-state index contributed by atoms with van der Waals surface area (Å²) in [6.07, 6.45) is 3.75. The van der Waals surface area contributed by atoms with Gasteiger partial charge in [0.2, 0.25) is 11.8 Å². The van der Waals surface area contributed by atoms with Crippen molar-refractivity contribution in [2.24, 2.45) is 5.92 Å². The van der Waals surface area contributed by atoms with Gasteiger partial charge in [-0.2, -0.15) is 5.10 Å². The Balaban J connectivity index is 1.46. The number of methoxy groups -OCH3 is 2. The van der Waals surface area contributed by atoms with E-state index in [0.717, 1.165) is 5.56 Å². The number of hydrogen-bond acceptors (Lipinski definition) is 5. The van der Waals surface area contributed by atoms with Crippen molar-refractivity contribution in [2.45, 2.75) is 13.0 Å². The van der Waals surface area contributed by atoms with Gasteiger partial charge in [0.05, 0.1) is 32.4 Å². The third kappa shape index (κ3) is 4.53. The van der Waals surface area contributed by atoms with Gasteiger partial charge in [-0.1, -0.05) is 12.1 Å². The van der Waals surface area contributed by atoms with Gasteiger partial charge in [0.25, 0.3) is 0 Å². The third-order valence-corrected chi connectivity index (χ3v) is 5.27. The number of carbonyl (C=O) groups excluding carboxylic acids is 2. The minimum absolute atomic E-state index is 0.126. The van der Waals surface area contributed by atoms with Crippen molar-refractivity contribution in [1.29, 1.82) is 0 Å². The highest BCUT2D eigenvalue weighted by molar-refractivity contribution is 6.04. The van der Waals surface area contributed by atoms with E-state index >= 15 is 0 Å². The van der Waals surface area contributed by atoms with Gasteiger partial charge in [-0.25, -0.2) is 0 Å². The highest BCUT2D eigenvalue weighted by Gasteiger charge is 2.36. The lowest BCUT2D eigenvalue weighted by Crippen LogP contribution is -2.28. The van der Waals surface area contributed by atoms with Crippen LogP contribution in [0.25, 0.3) is 0 Å². The molecule has 0 radical (unpaired) electrons. The summed E-state index contributed by atoms with van der Waals surface area (Å²) in [6, 6.07) is 14.8. The zero-order valence-corrected chi connectivity index (χ0v) is 17.4. The summed E-state index contributed by atoms with van der Waals surface area (Å²) in [5, 5.41) is 7.15. The van der Waals surface area contributed by atoms with Crippen molar-refractivity contribution in [2.75, 3.05) is 31.0 Å². The van der Waals surface area contributed by atoms with Crippen molar-refractivity contribution >= 4 is 23.2 Å². The van der Waals surface area contributed by atoms with Gasteiger partial charge in [0.1, 0.15) is 11.5 Å². The predicted octanol–water partition coefficient (Wildman–Crippen LogP) is 2.94. The van der Waals surface area contributed by atoms with Gasteiger partial charge < -0.3 is 19.7 Å². The average molecular weight is 420 g/mol. The van der Waals surface area contributed by atoms with Crippen LogP contribution >= 0.6 is 0 Å². The highest BCUT2D eigenvalue weighted by Crippen LogP contribution is 2.36. The van der Waals surface area contributed by atoms with Gasteiger partial charge in [-0.15, -0.1) is 0 Å². The first-order valence-electron chi connectivity index (χ1n) is 9.97. The fourth-order valence-corrected chi connectivity index (χ4v) is 3.70. The summed E-state index contributed by atoms with van der Waals surface area (Å²) < 4.78 is 12.5. The zero-order valence-electron chi connectivity index (χ0n) is 17.4. The number of nitrogens with one attached hydrogen (secondary N) is 1. The first kappa shape index (κ1) is 20.5. The van der Waals surface area contributed by atoms with Crippen molar-refractivity contribution in [3.05, 3.63) is 66.5 Å². The molecule has 2 amide bonds. The van der Waals surface area contributed by atoms with Gasteiger partial charge in [0.15, 0.2) is 0 Å². The molecule has 0 spiro atoms. The molecule has 1 aliphatic rings. The minimum Gasteiger partial charge on any atom is -0.497 e. The Morgan fingerprint density at radius 1 is 1.16 bits per heavy atom. The summed E-state index contributed by atoms with van der Waals surface area (Å²) in [6.45, 7) is 0.892. The fraction of sp³-hybridized carbons (Fsp3) is 0.261. The number of amides is 2. The Morgan fingerprint density at radius 3 is 2.77 bits per heavy atom. The number of ether oxygens (including phenoxy) is 2.